The average molecular weight is 473 g/mol. The molecular weight excluding hydrogens is 451 g/mol. The fourth-order valence-electron chi connectivity index (χ4n) is 3.42. The lowest BCUT2D eigenvalue weighted by atomic mass is 10.2. The number of hydrogen-bond donors (Lipinski definition) is 0. The van der Waals surface area contributed by atoms with Crippen LogP contribution >= 0.6 is 23.1 Å². The molecule has 1 aliphatic rings. The van der Waals surface area contributed by atoms with Gasteiger partial charge in [-0.25, -0.2) is 4.39 Å². The summed E-state index contributed by atoms with van der Waals surface area (Å²) in [6, 6.07) is 10.2. The third kappa shape index (κ3) is 4.90. The first-order chi connectivity index (χ1) is 15.8. The third-order valence-corrected chi connectivity index (χ3v) is 6.91. The first kappa shape index (κ1) is 21.3. The van der Waals surface area contributed by atoms with Crippen molar-refractivity contribution < 1.29 is 13.7 Å². The van der Waals surface area contributed by atoms with E-state index in [2.05, 4.69) is 29.8 Å². The molecule has 4 heterocycles. The highest BCUT2D eigenvalue weighted by Gasteiger charge is 2.18. The van der Waals surface area contributed by atoms with Crippen molar-refractivity contribution in [1.82, 2.24) is 29.8 Å². The van der Waals surface area contributed by atoms with E-state index in [9.17, 15) is 4.39 Å². The number of morpholine rings is 1. The van der Waals surface area contributed by atoms with Crippen molar-refractivity contribution in [1.29, 1.82) is 0 Å². The number of nitrogens with zero attached hydrogens (tertiary/aromatic N) is 6. The van der Waals surface area contributed by atoms with Gasteiger partial charge in [0.2, 0.25) is 0 Å². The first-order valence-electron chi connectivity index (χ1n) is 10.2. The average Bonchev–Trinajstić information content (AvgIpc) is 3.58. The van der Waals surface area contributed by atoms with Gasteiger partial charge in [0.25, 0.3) is 5.89 Å². The van der Waals surface area contributed by atoms with Crippen molar-refractivity contribution in [3.05, 3.63) is 53.4 Å². The van der Waals surface area contributed by atoms with Gasteiger partial charge in [0.05, 0.1) is 23.8 Å². The van der Waals surface area contributed by atoms with Crippen LogP contribution in [0.15, 0.2) is 51.5 Å². The molecule has 3 aromatic heterocycles. The van der Waals surface area contributed by atoms with Gasteiger partial charge in [0.15, 0.2) is 16.8 Å². The Morgan fingerprint density at radius 3 is 2.69 bits per heavy atom. The zero-order valence-electron chi connectivity index (χ0n) is 17.2. The van der Waals surface area contributed by atoms with Crippen molar-refractivity contribution in [2.24, 2.45) is 0 Å². The third-order valence-electron chi connectivity index (χ3n) is 5.09. The number of rotatable bonds is 8. The topological polar surface area (TPSA) is 82.1 Å². The maximum absolute atomic E-state index is 13.4. The van der Waals surface area contributed by atoms with Crippen LogP contribution in [0.2, 0.25) is 0 Å². The van der Waals surface area contributed by atoms with Gasteiger partial charge in [-0.15, -0.1) is 21.5 Å². The molecule has 1 saturated heterocycles. The molecule has 0 unspecified atom stereocenters. The van der Waals surface area contributed by atoms with Crippen LogP contribution in [0.3, 0.4) is 0 Å². The predicted octanol–water partition coefficient (Wildman–Crippen LogP) is 3.82. The van der Waals surface area contributed by atoms with Crippen molar-refractivity contribution in [2.75, 3.05) is 32.8 Å². The molecule has 0 atom stereocenters. The van der Waals surface area contributed by atoms with E-state index in [1.54, 1.807) is 23.5 Å². The van der Waals surface area contributed by atoms with Crippen LogP contribution in [-0.4, -0.2) is 62.7 Å². The van der Waals surface area contributed by atoms with E-state index in [0.29, 0.717) is 29.8 Å². The molecule has 166 valence electrons. The number of aromatic nitrogens is 5. The molecular formula is C21H21FN6O2S2. The number of hydrogen-bond acceptors (Lipinski definition) is 9. The number of benzene rings is 1. The second kappa shape index (κ2) is 9.90. The lowest BCUT2D eigenvalue weighted by Crippen LogP contribution is -2.38. The van der Waals surface area contributed by atoms with Gasteiger partial charge < -0.3 is 13.8 Å². The van der Waals surface area contributed by atoms with Crippen LogP contribution in [0.4, 0.5) is 4.39 Å². The Balaban J connectivity index is 1.34. The van der Waals surface area contributed by atoms with Crippen molar-refractivity contribution in [3.63, 3.8) is 0 Å². The molecule has 0 bridgehead atoms. The zero-order chi connectivity index (χ0) is 21.8. The Morgan fingerprint density at radius 1 is 1.06 bits per heavy atom. The van der Waals surface area contributed by atoms with Crippen molar-refractivity contribution >= 4 is 23.1 Å². The van der Waals surface area contributed by atoms with Gasteiger partial charge >= 0.3 is 0 Å². The second-order valence-electron chi connectivity index (χ2n) is 7.20. The smallest absolute Gasteiger partial charge is 0.268 e. The summed E-state index contributed by atoms with van der Waals surface area (Å²) in [5.74, 6) is 2.07. The molecule has 0 N–H and O–H groups in total. The molecule has 0 aliphatic carbocycles. The predicted molar refractivity (Wildman–Crippen MR) is 120 cm³/mol. The number of thiophene rings is 1. The standard InChI is InChI=1S/C21H21FN6O2S2/c22-16-5-3-15(4-6-16)19-24-25-21(28(19)8-7-27-9-11-29-12-10-27)32-14-18-23-20(30-26-18)17-2-1-13-31-17/h1-6,13H,7-12,14H2. The Morgan fingerprint density at radius 2 is 1.91 bits per heavy atom. The SMILES string of the molecule is Fc1ccc(-c2nnc(SCc3noc(-c4cccs4)n3)n2CCN2CCOCC2)cc1. The maximum atomic E-state index is 13.4. The molecule has 32 heavy (non-hydrogen) atoms. The van der Waals surface area contributed by atoms with Gasteiger partial charge in [-0.05, 0) is 35.7 Å². The highest BCUT2D eigenvalue weighted by molar-refractivity contribution is 7.98. The van der Waals surface area contributed by atoms with Gasteiger partial charge in [0, 0.05) is 31.7 Å². The Kier molecular flexibility index (Phi) is 6.58. The minimum absolute atomic E-state index is 0.276. The van der Waals surface area contributed by atoms with Gasteiger partial charge in [-0.2, -0.15) is 4.98 Å². The molecule has 11 heteroatoms. The zero-order valence-corrected chi connectivity index (χ0v) is 18.8. The van der Waals surface area contributed by atoms with Crippen LogP contribution < -0.4 is 0 Å². The van der Waals surface area contributed by atoms with E-state index < -0.39 is 0 Å². The monoisotopic (exact) mass is 472 g/mol. The normalized spacial score (nSPS) is 14.8. The van der Waals surface area contributed by atoms with Crippen LogP contribution in [0.1, 0.15) is 5.82 Å². The summed E-state index contributed by atoms with van der Waals surface area (Å²) in [5, 5.41) is 15.6. The molecule has 4 aromatic rings. The lowest BCUT2D eigenvalue weighted by molar-refractivity contribution is 0.0361. The van der Waals surface area contributed by atoms with E-state index in [4.69, 9.17) is 9.26 Å². The molecule has 0 amide bonds. The molecule has 1 fully saturated rings. The van der Waals surface area contributed by atoms with Gasteiger partial charge in [-0.3, -0.25) is 4.90 Å². The molecule has 0 saturated carbocycles. The molecule has 0 spiro atoms. The summed E-state index contributed by atoms with van der Waals surface area (Å²) in [4.78, 5) is 7.79. The van der Waals surface area contributed by atoms with Crippen LogP contribution in [-0.2, 0) is 17.0 Å². The maximum Gasteiger partial charge on any atom is 0.268 e. The van der Waals surface area contributed by atoms with E-state index in [-0.39, 0.29) is 5.82 Å². The van der Waals surface area contributed by atoms with Gasteiger partial charge in [0.1, 0.15) is 5.82 Å². The van der Waals surface area contributed by atoms with Crippen LogP contribution in [0, 0.1) is 5.82 Å². The number of ether oxygens (including phenoxy) is 1. The largest absolute Gasteiger partial charge is 0.379 e. The summed E-state index contributed by atoms with van der Waals surface area (Å²) in [6.45, 7) is 4.89. The Labute approximate surface area is 192 Å². The molecule has 0 radical (unpaired) electrons. The Bertz CT molecular complexity index is 1140. The van der Waals surface area contributed by atoms with E-state index in [0.717, 1.165) is 48.4 Å². The quantitative estimate of drug-likeness (QED) is 0.358. The number of halogens is 1. The summed E-state index contributed by atoms with van der Waals surface area (Å²) in [6.07, 6.45) is 0. The van der Waals surface area contributed by atoms with Crippen LogP contribution in [0.25, 0.3) is 22.2 Å². The van der Waals surface area contributed by atoms with E-state index in [1.807, 2.05) is 17.5 Å². The van der Waals surface area contributed by atoms with Crippen LogP contribution in [0.5, 0.6) is 0 Å². The minimum atomic E-state index is -0.276. The fraction of sp³-hybridized carbons (Fsp3) is 0.333. The summed E-state index contributed by atoms with van der Waals surface area (Å²) in [7, 11) is 0. The highest BCUT2D eigenvalue weighted by Crippen LogP contribution is 2.28. The van der Waals surface area contributed by atoms with Crippen molar-refractivity contribution in [3.8, 4) is 22.2 Å². The second-order valence-corrected chi connectivity index (χ2v) is 9.09. The Hall–Kier alpha value is -2.60. The summed E-state index contributed by atoms with van der Waals surface area (Å²) < 4.78 is 26.3. The lowest BCUT2D eigenvalue weighted by Gasteiger charge is -2.27. The highest BCUT2D eigenvalue weighted by atomic mass is 32.2. The summed E-state index contributed by atoms with van der Waals surface area (Å²) in [5.41, 5.74) is 0.826. The first-order valence-corrected chi connectivity index (χ1v) is 12.1. The van der Waals surface area contributed by atoms with E-state index >= 15 is 0 Å². The van der Waals surface area contributed by atoms with Gasteiger partial charge in [-0.1, -0.05) is 23.0 Å². The molecule has 1 aromatic carbocycles. The fourth-order valence-corrected chi connectivity index (χ4v) is 4.87. The molecule has 1 aliphatic heterocycles. The minimum Gasteiger partial charge on any atom is -0.379 e. The molecule has 8 nitrogen and oxygen atoms in total. The molecule has 5 rings (SSSR count). The van der Waals surface area contributed by atoms with Crippen molar-refractivity contribution in [2.45, 2.75) is 17.5 Å². The summed E-state index contributed by atoms with van der Waals surface area (Å²) >= 11 is 3.06. The number of thioether (sulfide) groups is 1. The van der Waals surface area contributed by atoms with E-state index in [1.165, 1.54) is 23.9 Å².